The van der Waals surface area contributed by atoms with E-state index in [4.69, 9.17) is 5.73 Å². The van der Waals surface area contributed by atoms with E-state index in [1.807, 2.05) is 30.3 Å². The first kappa shape index (κ1) is 10.7. The third-order valence-corrected chi connectivity index (χ3v) is 2.53. The molecule has 0 radical (unpaired) electrons. The molecule has 0 aliphatic rings. The predicted octanol–water partition coefficient (Wildman–Crippen LogP) is 0.671. The Hall–Kier alpha value is -1.78. The molecule has 0 saturated heterocycles. The zero-order valence-electron chi connectivity index (χ0n) is 8.74. The SMILES string of the molecule is NCC(O)(c1ccccc1)c1cnccn1. The second-order valence-electron chi connectivity index (χ2n) is 3.52. The molecule has 0 spiro atoms. The number of hydrogen-bond acceptors (Lipinski definition) is 4. The van der Waals surface area contributed by atoms with Gasteiger partial charge in [-0.15, -0.1) is 0 Å². The summed E-state index contributed by atoms with van der Waals surface area (Å²) in [6.07, 6.45) is 4.63. The van der Waals surface area contributed by atoms with Crippen molar-refractivity contribution in [3.05, 3.63) is 60.2 Å². The Morgan fingerprint density at radius 1 is 1.19 bits per heavy atom. The van der Waals surface area contributed by atoms with Crippen molar-refractivity contribution in [3.63, 3.8) is 0 Å². The van der Waals surface area contributed by atoms with Crippen LogP contribution in [0.15, 0.2) is 48.9 Å². The average molecular weight is 215 g/mol. The van der Waals surface area contributed by atoms with Crippen LogP contribution in [0.4, 0.5) is 0 Å². The van der Waals surface area contributed by atoms with E-state index in [0.29, 0.717) is 5.69 Å². The highest BCUT2D eigenvalue weighted by Gasteiger charge is 2.31. The Morgan fingerprint density at radius 2 is 1.94 bits per heavy atom. The molecule has 0 saturated carbocycles. The van der Waals surface area contributed by atoms with Crippen LogP contribution in [0.5, 0.6) is 0 Å². The summed E-state index contributed by atoms with van der Waals surface area (Å²) in [7, 11) is 0. The van der Waals surface area contributed by atoms with Crippen LogP contribution in [0.1, 0.15) is 11.3 Å². The smallest absolute Gasteiger partial charge is 0.145 e. The van der Waals surface area contributed by atoms with Gasteiger partial charge in [-0.25, -0.2) is 0 Å². The van der Waals surface area contributed by atoms with Gasteiger partial charge in [0, 0.05) is 18.9 Å². The number of nitrogens with two attached hydrogens (primary N) is 1. The van der Waals surface area contributed by atoms with E-state index in [0.717, 1.165) is 5.56 Å². The molecule has 0 aliphatic heterocycles. The minimum Gasteiger partial charge on any atom is -0.377 e. The molecule has 0 aliphatic carbocycles. The van der Waals surface area contributed by atoms with Crippen molar-refractivity contribution in [3.8, 4) is 0 Å². The third-order valence-electron chi connectivity index (χ3n) is 2.53. The zero-order valence-corrected chi connectivity index (χ0v) is 8.74. The molecule has 1 heterocycles. The summed E-state index contributed by atoms with van der Waals surface area (Å²) in [5, 5.41) is 10.5. The largest absolute Gasteiger partial charge is 0.377 e. The van der Waals surface area contributed by atoms with E-state index in [9.17, 15) is 5.11 Å². The van der Waals surface area contributed by atoms with Crippen molar-refractivity contribution in [2.45, 2.75) is 5.60 Å². The molecule has 4 heteroatoms. The van der Waals surface area contributed by atoms with Crippen molar-refractivity contribution in [1.29, 1.82) is 0 Å². The second kappa shape index (κ2) is 4.38. The minimum absolute atomic E-state index is 0.0652. The first-order chi connectivity index (χ1) is 7.77. The number of benzene rings is 1. The molecule has 82 valence electrons. The molecule has 16 heavy (non-hydrogen) atoms. The van der Waals surface area contributed by atoms with Gasteiger partial charge in [0.25, 0.3) is 0 Å². The van der Waals surface area contributed by atoms with Gasteiger partial charge in [0.1, 0.15) is 5.60 Å². The standard InChI is InChI=1S/C12H13N3O/c13-9-12(16,10-4-2-1-3-5-10)11-8-14-6-7-15-11/h1-8,16H,9,13H2. The van der Waals surface area contributed by atoms with E-state index in [1.54, 1.807) is 12.4 Å². The summed E-state index contributed by atoms with van der Waals surface area (Å²) in [4.78, 5) is 8.05. The fourth-order valence-corrected chi connectivity index (χ4v) is 1.60. The van der Waals surface area contributed by atoms with Crippen LogP contribution in [0.25, 0.3) is 0 Å². The van der Waals surface area contributed by atoms with Crippen LogP contribution < -0.4 is 5.73 Å². The molecule has 1 aromatic carbocycles. The number of aromatic nitrogens is 2. The second-order valence-corrected chi connectivity index (χ2v) is 3.52. The summed E-state index contributed by atoms with van der Waals surface area (Å²) in [6.45, 7) is 0.0652. The van der Waals surface area contributed by atoms with E-state index in [1.165, 1.54) is 6.20 Å². The van der Waals surface area contributed by atoms with Crippen molar-refractivity contribution in [2.24, 2.45) is 5.73 Å². The molecule has 2 rings (SSSR count). The van der Waals surface area contributed by atoms with Crippen LogP contribution in [0.2, 0.25) is 0 Å². The fraction of sp³-hybridized carbons (Fsp3) is 0.167. The highest BCUT2D eigenvalue weighted by atomic mass is 16.3. The van der Waals surface area contributed by atoms with E-state index in [2.05, 4.69) is 9.97 Å². The zero-order chi connectivity index (χ0) is 11.4. The Kier molecular flexibility index (Phi) is 2.94. The average Bonchev–Trinajstić information content (AvgIpc) is 2.40. The summed E-state index contributed by atoms with van der Waals surface area (Å²) >= 11 is 0. The van der Waals surface area contributed by atoms with Gasteiger partial charge in [0.15, 0.2) is 0 Å². The van der Waals surface area contributed by atoms with Crippen LogP contribution in [-0.4, -0.2) is 21.6 Å². The van der Waals surface area contributed by atoms with Crippen LogP contribution in [0, 0.1) is 0 Å². The van der Waals surface area contributed by atoms with Crippen LogP contribution in [0.3, 0.4) is 0 Å². The quantitative estimate of drug-likeness (QED) is 0.789. The molecule has 0 amide bonds. The van der Waals surface area contributed by atoms with Gasteiger partial charge in [0.2, 0.25) is 0 Å². The number of hydrogen-bond donors (Lipinski definition) is 2. The Labute approximate surface area is 93.8 Å². The van der Waals surface area contributed by atoms with Gasteiger partial charge < -0.3 is 10.8 Å². The van der Waals surface area contributed by atoms with Crippen molar-refractivity contribution in [1.82, 2.24) is 9.97 Å². The molecule has 0 fully saturated rings. The van der Waals surface area contributed by atoms with Crippen LogP contribution >= 0.6 is 0 Å². The predicted molar refractivity (Wildman–Crippen MR) is 60.5 cm³/mol. The highest BCUT2D eigenvalue weighted by Crippen LogP contribution is 2.25. The fourth-order valence-electron chi connectivity index (χ4n) is 1.60. The molecule has 1 atom stereocenters. The lowest BCUT2D eigenvalue weighted by atomic mass is 9.91. The third kappa shape index (κ3) is 1.80. The van der Waals surface area contributed by atoms with Gasteiger partial charge in [0.05, 0.1) is 11.9 Å². The van der Waals surface area contributed by atoms with Crippen molar-refractivity contribution in [2.75, 3.05) is 6.54 Å². The lowest BCUT2D eigenvalue weighted by Gasteiger charge is -2.25. The first-order valence-electron chi connectivity index (χ1n) is 5.02. The summed E-state index contributed by atoms with van der Waals surface area (Å²) in [6, 6.07) is 9.23. The monoisotopic (exact) mass is 215 g/mol. The highest BCUT2D eigenvalue weighted by molar-refractivity contribution is 5.31. The van der Waals surface area contributed by atoms with E-state index >= 15 is 0 Å². The maximum atomic E-state index is 10.5. The lowest BCUT2D eigenvalue weighted by molar-refractivity contribution is 0.0851. The lowest BCUT2D eigenvalue weighted by Crippen LogP contribution is -2.37. The van der Waals surface area contributed by atoms with Crippen molar-refractivity contribution >= 4 is 0 Å². The molecular weight excluding hydrogens is 202 g/mol. The molecule has 1 aromatic heterocycles. The molecule has 1 unspecified atom stereocenters. The molecule has 2 aromatic rings. The summed E-state index contributed by atoms with van der Waals surface area (Å²) < 4.78 is 0. The Bertz CT molecular complexity index is 405. The summed E-state index contributed by atoms with van der Waals surface area (Å²) in [5.74, 6) is 0. The molecule has 0 bridgehead atoms. The van der Waals surface area contributed by atoms with E-state index in [-0.39, 0.29) is 6.54 Å². The van der Waals surface area contributed by atoms with Gasteiger partial charge in [-0.05, 0) is 5.56 Å². The maximum absolute atomic E-state index is 10.5. The minimum atomic E-state index is -1.27. The van der Waals surface area contributed by atoms with Gasteiger partial charge in [-0.2, -0.15) is 0 Å². The van der Waals surface area contributed by atoms with Gasteiger partial charge in [-0.3, -0.25) is 9.97 Å². The van der Waals surface area contributed by atoms with E-state index < -0.39 is 5.60 Å². The summed E-state index contributed by atoms with van der Waals surface area (Å²) in [5.41, 5.74) is 5.57. The normalized spacial score (nSPS) is 14.4. The Balaban J connectivity index is 2.49. The van der Waals surface area contributed by atoms with Gasteiger partial charge in [-0.1, -0.05) is 30.3 Å². The Morgan fingerprint density at radius 3 is 2.50 bits per heavy atom. The molecular formula is C12H13N3O. The first-order valence-corrected chi connectivity index (χ1v) is 5.02. The number of aliphatic hydroxyl groups is 1. The maximum Gasteiger partial charge on any atom is 0.145 e. The molecule has 3 N–H and O–H groups in total. The topological polar surface area (TPSA) is 72.0 Å². The number of rotatable bonds is 3. The number of nitrogens with zero attached hydrogens (tertiary/aromatic N) is 2. The van der Waals surface area contributed by atoms with Crippen molar-refractivity contribution < 1.29 is 5.11 Å². The van der Waals surface area contributed by atoms with Gasteiger partial charge >= 0.3 is 0 Å². The molecule has 4 nitrogen and oxygen atoms in total. The van der Waals surface area contributed by atoms with Crippen LogP contribution in [-0.2, 0) is 5.60 Å².